The third-order valence-electron chi connectivity index (χ3n) is 4.97. The van der Waals surface area contributed by atoms with Crippen LogP contribution in [0.1, 0.15) is 77.3 Å². The highest BCUT2D eigenvalue weighted by atomic mass is 16.5. The molecule has 0 spiro atoms. The van der Waals surface area contributed by atoms with Crippen molar-refractivity contribution in [1.82, 2.24) is 0 Å². The Labute approximate surface area is 146 Å². The van der Waals surface area contributed by atoms with Crippen molar-refractivity contribution in [2.24, 2.45) is 11.3 Å². The smallest absolute Gasteiger partial charge is 0.303 e. The van der Waals surface area contributed by atoms with Crippen LogP contribution in [0.5, 0.6) is 5.75 Å². The lowest BCUT2D eigenvalue weighted by Gasteiger charge is -2.34. The zero-order valence-corrected chi connectivity index (χ0v) is 16.0. The van der Waals surface area contributed by atoms with Gasteiger partial charge in [0.15, 0.2) is 0 Å². The van der Waals surface area contributed by atoms with Crippen LogP contribution in [-0.2, 0) is 10.2 Å². The molecule has 1 fully saturated rings. The zero-order chi connectivity index (χ0) is 18.1. The Kier molecular flexibility index (Phi) is 5.31. The van der Waals surface area contributed by atoms with Gasteiger partial charge in [0.25, 0.3) is 0 Å². The second kappa shape index (κ2) is 6.78. The third-order valence-corrected chi connectivity index (χ3v) is 4.97. The summed E-state index contributed by atoms with van der Waals surface area (Å²) in [5.41, 5.74) is 2.61. The summed E-state index contributed by atoms with van der Waals surface area (Å²) in [5.74, 6) is 0.635. The predicted octanol–water partition coefficient (Wildman–Crippen LogP) is 5.38. The van der Waals surface area contributed by atoms with Crippen LogP contribution in [0.2, 0.25) is 0 Å². The molecule has 0 radical (unpaired) electrons. The Morgan fingerprint density at radius 1 is 1.25 bits per heavy atom. The molecular weight excluding hydrogens is 300 g/mol. The molecule has 0 aliphatic heterocycles. The summed E-state index contributed by atoms with van der Waals surface area (Å²) in [5, 5.41) is 9.33. The largest absolute Gasteiger partial charge is 0.496 e. The summed E-state index contributed by atoms with van der Waals surface area (Å²) in [6.45, 7) is 11.3. The van der Waals surface area contributed by atoms with Crippen LogP contribution in [0.25, 0.3) is 0 Å². The van der Waals surface area contributed by atoms with Gasteiger partial charge >= 0.3 is 5.97 Å². The van der Waals surface area contributed by atoms with Crippen LogP contribution in [0.15, 0.2) is 18.2 Å². The fourth-order valence-electron chi connectivity index (χ4n) is 4.09. The summed E-state index contributed by atoms with van der Waals surface area (Å²) >= 11 is 0. The van der Waals surface area contributed by atoms with Gasteiger partial charge in [0.05, 0.1) is 13.5 Å². The van der Waals surface area contributed by atoms with Gasteiger partial charge in [-0.15, -0.1) is 0 Å². The average Bonchev–Trinajstić information content (AvgIpc) is 3.25. The molecule has 24 heavy (non-hydrogen) atoms. The molecule has 2 rings (SSSR count). The summed E-state index contributed by atoms with van der Waals surface area (Å²) in [7, 11) is 1.67. The molecule has 3 nitrogen and oxygen atoms in total. The highest BCUT2D eigenvalue weighted by molar-refractivity contribution is 5.68. The minimum Gasteiger partial charge on any atom is -0.496 e. The molecule has 134 valence electrons. The zero-order valence-electron chi connectivity index (χ0n) is 16.0. The molecule has 3 heteroatoms. The van der Waals surface area contributed by atoms with Crippen LogP contribution in [-0.4, -0.2) is 18.2 Å². The molecule has 1 aromatic carbocycles. The number of carbonyl (C=O) groups is 1. The van der Waals surface area contributed by atoms with Gasteiger partial charge in [-0.2, -0.15) is 0 Å². The van der Waals surface area contributed by atoms with Crippen LogP contribution in [0.3, 0.4) is 0 Å². The monoisotopic (exact) mass is 332 g/mol. The van der Waals surface area contributed by atoms with Gasteiger partial charge in [0.2, 0.25) is 0 Å². The van der Waals surface area contributed by atoms with Gasteiger partial charge in [0, 0.05) is 5.92 Å². The van der Waals surface area contributed by atoms with E-state index in [1.807, 2.05) is 6.07 Å². The molecule has 0 heterocycles. The van der Waals surface area contributed by atoms with Crippen molar-refractivity contribution in [1.29, 1.82) is 0 Å². The van der Waals surface area contributed by atoms with Crippen LogP contribution < -0.4 is 4.74 Å². The van der Waals surface area contributed by atoms with E-state index >= 15 is 0 Å². The first-order chi connectivity index (χ1) is 11.0. The van der Waals surface area contributed by atoms with Crippen molar-refractivity contribution in [3.05, 3.63) is 29.3 Å². The van der Waals surface area contributed by atoms with Crippen molar-refractivity contribution in [3.63, 3.8) is 0 Å². The van der Waals surface area contributed by atoms with Crippen LogP contribution in [0, 0.1) is 11.3 Å². The van der Waals surface area contributed by atoms with E-state index < -0.39 is 5.97 Å². The second-order valence-electron chi connectivity index (χ2n) is 9.12. The van der Waals surface area contributed by atoms with Crippen molar-refractivity contribution < 1.29 is 14.6 Å². The fourth-order valence-corrected chi connectivity index (χ4v) is 4.09. The first-order valence-corrected chi connectivity index (χ1v) is 8.94. The summed E-state index contributed by atoms with van der Waals surface area (Å²) in [6.07, 6.45) is 3.50. The summed E-state index contributed by atoms with van der Waals surface area (Å²) < 4.78 is 5.56. The van der Waals surface area contributed by atoms with Gasteiger partial charge in [0.1, 0.15) is 5.75 Å². The fraction of sp³-hybridized carbons (Fsp3) is 0.667. The maximum atomic E-state index is 11.3. The number of carboxylic acid groups (broad SMARTS) is 1. The molecular formula is C21H32O3. The minimum absolute atomic E-state index is 0.0383. The lowest BCUT2D eigenvalue weighted by molar-refractivity contribution is -0.137. The van der Waals surface area contributed by atoms with Crippen molar-refractivity contribution >= 4 is 5.97 Å². The highest BCUT2D eigenvalue weighted by Gasteiger charge is 2.36. The summed E-state index contributed by atoms with van der Waals surface area (Å²) in [6, 6.07) is 6.36. The van der Waals surface area contributed by atoms with E-state index in [0.717, 1.165) is 30.6 Å². The molecule has 0 aromatic heterocycles. The number of hydrogen-bond acceptors (Lipinski definition) is 2. The second-order valence-corrected chi connectivity index (χ2v) is 9.12. The summed E-state index contributed by atoms with van der Waals surface area (Å²) in [4.78, 5) is 11.3. The van der Waals surface area contributed by atoms with E-state index in [-0.39, 0.29) is 23.2 Å². The number of aliphatic carboxylic acids is 1. The molecule has 1 saturated carbocycles. The van der Waals surface area contributed by atoms with E-state index in [1.165, 1.54) is 5.56 Å². The molecule has 1 unspecified atom stereocenters. The van der Waals surface area contributed by atoms with Crippen molar-refractivity contribution in [2.45, 2.75) is 71.6 Å². The van der Waals surface area contributed by atoms with Gasteiger partial charge in [-0.05, 0) is 53.2 Å². The van der Waals surface area contributed by atoms with Gasteiger partial charge in [-0.3, -0.25) is 4.79 Å². The van der Waals surface area contributed by atoms with Crippen molar-refractivity contribution in [2.75, 3.05) is 7.11 Å². The first-order valence-electron chi connectivity index (χ1n) is 8.94. The Hall–Kier alpha value is -1.51. The SMILES string of the molecule is COc1ccc(C(C)(C)CC(C)(C)C)cc1C(CC(=O)O)C1CC1. The number of methoxy groups -OCH3 is 1. The van der Waals surface area contributed by atoms with Crippen LogP contribution in [0.4, 0.5) is 0 Å². The van der Waals surface area contributed by atoms with E-state index in [9.17, 15) is 9.90 Å². The third kappa shape index (κ3) is 4.75. The van der Waals surface area contributed by atoms with E-state index in [2.05, 4.69) is 46.8 Å². The Bertz CT molecular complexity index is 592. The Balaban J connectivity index is 2.41. The lowest BCUT2D eigenvalue weighted by Crippen LogP contribution is -2.25. The number of benzene rings is 1. The Morgan fingerprint density at radius 2 is 1.88 bits per heavy atom. The molecule has 1 aromatic rings. The topological polar surface area (TPSA) is 46.5 Å². The van der Waals surface area contributed by atoms with Gasteiger partial charge in [-0.1, -0.05) is 46.8 Å². The Morgan fingerprint density at radius 3 is 2.33 bits per heavy atom. The number of hydrogen-bond donors (Lipinski definition) is 1. The standard InChI is InChI=1S/C21H32O3/c1-20(2,3)13-21(4,5)15-9-10-18(24-6)17(11-15)16(12-19(22)23)14-7-8-14/h9-11,14,16H,7-8,12-13H2,1-6H3,(H,22,23). The molecule has 0 saturated heterocycles. The highest BCUT2D eigenvalue weighted by Crippen LogP contribution is 2.48. The number of rotatable bonds is 7. The number of carboxylic acids is 1. The first kappa shape index (κ1) is 18.8. The normalized spacial score (nSPS) is 16.8. The molecule has 1 aliphatic carbocycles. The minimum atomic E-state index is -0.728. The quantitative estimate of drug-likeness (QED) is 0.729. The maximum absolute atomic E-state index is 11.3. The molecule has 1 aliphatic rings. The van der Waals surface area contributed by atoms with Gasteiger partial charge in [-0.25, -0.2) is 0 Å². The van der Waals surface area contributed by atoms with E-state index in [0.29, 0.717) is 5.92 Å². The van der Waals surface area contributed by atoms with E-state index in [1.54, 1.807) is 7.11 Å². The molecule has 1 N–H and O–H groups in total. The van der Waals surface area contributed by atoms with Crippen molar-refractivity contribution in [3.8, 4) is 5.75 Å². The molecule has 0 amide bonds. The predicted molar refractivity (Wildman–Crippen MR) is 97.8 cm³/mol. The van der Waals surface area contributed by atoms with Gasteiger partial charge < -0.3 is 9.84 Å². The molecule has 0 bridgehead atoms. The van der Waals surface area contributed by atoms with E-state index in [4.69, 9.17) is 4.74 Å². The maximum Gasteiger partial charge on any atom is 0.303 e. The van der Waals surface area contributed by atoms with Crippen LogP contribution >= 0.6 is 0 Å². The number of ether oxygens (including phenoxy) is 1. The molecule has 1 atom stereocenters. The lowest BCUT2D eigenvalue weighted by atomic mass is 9.71. The average molecular weight is 332 g/mol.